The summed E-state index contributed by atoms with van der Waals surface area (Å²) in [6, 6.07) is 4.55. The van der Waals surface area contributed by atoms with Crippen LogP contribution in [0.4, 0.5) is 0 Å². The average Bonchev–Trinajstić information content (AvgIpc) is 3.09. The maximum absolute atomic E-state index is 12.9. The molecule has 2 heterocycles. The normalized spacial score (nSPS) is 17.5. The molecule has 0 fully saturated rings. The molecule has 2 aromatic rings. The van der Waals surface area contributed by atoms with Crippen molar-refractivity contribution in [3.05, 3.63) is 64.5 Å². The molecule has 1 atom stereocenters. The number of hydrogen-bond acceptors (Lipinski definition) is 5. The number of aromatic amines is 1. The molecule has 170 valence electrons. The van der Waals surface area contributed by atoms with Crippen molar-refractivity contribution in [1.82, 2.24) is 30.1 Å². The first-order valence-corrected chi connectivity index (χ1v) is 11.6. The largest absolute Gasteiger partial charge is 0.344 e. The van der Waals surface area contributed by atoms with Crippen molar-refractivity contribution < 1.29 is 4.79 Å². The van der Waals surface area contributed by atoms with E-state index in [-0.39, 0.29) is 5.91 Å². The van der Waals surface area contributed by atoms with Crippen molar-refractivity contribution in [3.63, 3.8) is 0 Å². The number of amides is 1. The van der Waals surface area contributed by atoms with Crippen LogP contribution in [-0.2, 0) is 24.2 Å². The number of aromatic nitrogens is 3. The maximum atomic E-state index is 12.9. The van der Waals surface area contributed by atoms with Gasteiger partial charge in [0.05, 0.1) is 24.0 Å². The third kappa shape index (κ3) is 4.84. The van der Waals surface area contributed by atoms with Gasteiger partial charge in [-0.15, -0.1) is 0 Å². The maximum Gasteiger partial charge on any atom is 0.253 e. The van der Waals surface area contributed by atoms with E-state index < -0.39 is 0 Å². The summed E-state index contributed by atoms with van der Waals surface area (Å²) in [7, 11) is 4.05. The van der Waals surface area contributed by atoms with Crippen LogP contribution in [0.25, 0.3) is 6.08 Å². The summed E-state index contributed by atoms with van der Waals surface area (Å²) in [6.07, 6.45) is 11.9. The number of aryl methyl sites for hydroxylation is 1. The summed E-state index contributed by atoms with van der Waals surface area (Å²) in [5.74, 6) is 1.03. The van der Waals surface area contributed by atoms with Gasteiger partial charge in [-0.3, -0.25) is 14.7 Å². The molecule has 0 bridgehead atoms. The molecule has 0 saturated carbocycles. The van der Waals surface area contributed by atoms with E-state index in [4.69, 9.17) is 4.98 Å². The second-order valence-electron chi connectivity index (χ2n) is 8.60. The number of likely N-dealkylation sites (N-methyl/N-ethyl adjacent to an activating group) is 2. The smallest absolute Gasteiger partial charge is 0.253 e. The molecule has 2 aliphatic carbocycles. The Balaban J connectivity index is 1.43. The highest BCUT2D eigenvalue weighted by Gasteiger charge is 2.26. The highest BCUT2D eigenvalue weighted by atomic mass is 16.2. The molecule has 7 heteroatoms. The first kappa shape index (κ1) is 22.4. The number of allylic oxidation sites excluding steroid dienone is 1. The zero-order valence-corrected chi connectivity index (χ0v) is 19.4. The molecule has 0 aliphatic heterocycles. The predicted octanol–water partition coefficient (Wildman–Crippen LogP) is 2.88. The Morgan fingerprint density at radius 3 is 3.03 bits per heavy atom. The van der Waals surface area contributed by atoms with E-state index in [0.29, 0.717) is 25.6 Å². The molecule has 1 unspecified atom stereocenters. The molecular weight excluding hydrogens is 400 g/mol. The van der Waals surface area contributed by atoms with Gasteiger partial charge in [-0.2, -0.15) is 0 Å². The van der Waals surface area contributed by atoms with Crippen molar-refractivity contribution in [3.8, 4) is 0 Å². The number of pyridine rings is 1. The molecule has 7 nitrogen and oxygen atoms in total. The van der Waals surface area contributed by atoms with Crippen molar-refractivity contribution >= 4 is 12.0 Å². The van der Waals surface area contributed by atoms with Crippen LogP contribution in [0.1, 0.15) is 54.3 Å². The summed E-state index contributed by atoms with van der Waals surface area (Å²) in [6.45, 7) is 4.95. The quantitative estimate of drug-likeness (QED) is 0.668. The fourth-order valence-electron chi connectivity index (χ4n) is 4.65. The van der Waals surface area contributed by atoms with Crippen LogP contribution in [0.5, 0.6) is 0 Å². The van der Waals surface area contributed by atoms with E-state index in [1.165, 1.54) is 17.7 Å². The van der Waals surface area contributed by atoms with Crippen LogP contribution in [0.2, 0.25) is 0 Å². The first-order valence-electron chi connectivity index (χ1n) is 11.6. The van der Waals surface area contributed by atoms with E-state index >= 15 is 0 Å². The summed E-state index contributed by atoms with van der Waals surface area (Å²) in [4.78, 5) is 30.1. The van der Waals surface area contributed by atoms with E-state index in [2.05, 4.69) is 33.3 Å². The average molecular weight is 435 g/mol. The molecular formula is C25H34N6O. The van der Waals surface area contributed by atoms with Gasteiger partial charge in [0.1, 0.15) is 5.82 Å². The molecule has 0 aromatic carbocycles. The molecule has 32 heavy (non-hydrogen) atoms. The van der Waals surface area contributed by atoms with Crippen molar-refractivity contribution in [1.29, 1.82) is 0 Å². The topological polar surface area (TPSA) is 77.2 Å². The Bertz CT molecular complexity index is 1010. The number of H-pyrrole nitrogens is 1. The summed E-state index contributed by atoms with van der Waals surface area (Å²) < 4.78 is 0. The minimum absolute atomic E-state index is 0.0765. The number of hydrogen-bond donors (Lipinski definition) is 2. The van der Waals surface area contributed by atoms with Crippen LogP contribution < -0.4 is 5.32 Å². The number of imidazole rings is 1. The lowest BCUT2D eigenvalue weighted by molar-refractivity contribution is -0.126. The van der Waals surface area contributed by atoms with Gasteiger partial charge in [-0.1, -0.05) is 12.1 Å². The summed E-state index contributed by atoms with van der Waals surface area (Å²) in [5.41, 5.74) is 5.30. The van der Waals surface area contributed by atoms with Crippen LogP contribution in [0.15, 0.2) is 36.1 Å². The lowest BCUT2D eigenvalue weighted by Gasteiger charge is -2.31. The lowest BCUT2D eigenvalue weighted by atomic mass is 9.91. The second-order valence-corrected chi connectivity index (χ2v) is 8.60. The molecule has 0 spiro atoms. The van der Waals surface area contributed by atoms with Crippen molar-refractivity contribution in [2.24, 2.45) is 0 Å². The van der Waals surface area contributed by atoms with Gasteiger partial charge >= 0.3 is 0 Å². The SMILES string of the molecule is CCN(CCNC)C(=O)C1=CCc2[nH]c(CN(C)C3CCCc4cccnc43)nc2C=C1. The molecule has 2 N–H and O–H groups in total. The monoisotopic (exact) mass is 434 g/mol. The van der Waals surface area contributed by atoms with Gasteiger partial charge in [0, 0.05) is 43.5 Å². The Hall–Kier alpha value is -2.77. The Kier molecular flexibility index (Phi) is 7.17. The fourth-order valence-corrected chi connectivity index (χ4v) is 4.65. The Morgan fingerprint density at radius 2 is 2.22 bits per heavy atom. The van der Waals surface area contributed by atoms with Gasteiger partial charge in [-0.05, 0) is 64.1 Å². The van der Waals surface area contributed by atoms with E-state index in [9.17, 15) is 4.79 Å². The van der Waals surface area contributed by atoms with Gasteiger partial charge < -0.3 is 15.2 Å². The first-order chi connectivity index (χ1) is 15.6. The van der Waals surface area contributed by atoms with Crippen molar-refractivity contribution in [2.45, 2.75) is 45.2 Å². The zero-order chi connectivity index (χ0) is 22.5. The van der Waals surface area contributed by atoms with Crippen LogP contribution in [-0.4, -0.2) is 64.4 Å². The molecule has 2 aliphatic rings. The third-order valence-electron chi connectivity index (χ3n) is 6.45. The summed E-state index contributed by atoms with van der Waals surface area (Å²) in [5, 5.41) is 3.11. The highest BCUT2D eigenvalue weighted by molar-refractivity contribution is 5.97. The van der Waals surface area contributed by atoms with Gasteiger partial charge in [0.25, 0.3) is 5.91 Å². The lowest BCUT2D eigenvalue weighted by Crippen LogP contribution is -2.36. The molecule has 0 saturated heterocycles. The van der Waals surface area contributed by atoms with Gasteiger partial charge in [0.15, 0.2) is 0 Å². The fraction of sp³-hybridized carbons (Fsp3) is 0.480. The minimum atomic E-state index is 0.0765. The Labute approximate surface area is 190 Å². The standard InChI is InChI=1S/C25H34N6O/c1-4-31(16-15-26-2)25(32)19-10-12-20-21(13-11-19)29-23(28-20)17-30(3)22-9-5-7-18-8-6-14-27-24(18)22/h6,8,10-12,14,22,26H,4-5,7,9,13,15-17H2,1-3H3,(H,28,29). The predicted molar refractivity (Wildman–Crippen MR) is 127 cm³/mol. The molecule has 0 radical (unpaired) electrons. The molecule has 2 aromatic heterocycles. The van der Waals surface area contributed by atoms with Crippen LogP contribution in [0.3, 0.4) is 0 Å². The Morgan fingerprint density at radius 1 is 1.34 bits per heavy atom. The minimum Gasteiger partial charge on any atom is -0.344 e. The number of nitrogens with zero attached hydrogens (tertiary/aromatic N) is 4. The third-order valence-corrected chi connectivity index (χ3v) is 6.45. The second kappa shape index (κ2) is 10.2. The highest BCUT2D eigenvalue weighted by Crippen LogP contribution is 2.32. The molecule has 1 amide bonds. The number of nitrogens with one attached hydrogen (secondary N) is 2. The summed E-state index contributed by atoms with van der Waals surface area (Å²) >= 11 is 0. The zero-order valence-electron chi connectivity index (χ0n) is 19.4. The van der Waals surface area contributed by atoms with Gasteiger partial charge in [0.2, 0.25) is 0 Å². The number of rotatable bonds is 8. The van der Waals surface area contributed by atoms with E-state index in [1.807, 2.05) is 49.4 Å². The number of carbonyl (C=O) groups excluding carboxylic acids is 1. The number of carbonyl (C=O) groups is 1. The van der Waals surface area contributed by atoms with E-state index in [1.54, 1.807) is 0 Å². The molecule has 4 rings (SSSR count). The van der Waals surface area contributed by atoms with Crippen molar-refractivity contribution in [2.75, 3.05) is 33.7 Å². The number of fused-ring (bicyclic) bond motifs is 2. The van der Waals surface area contributed by atoms with E-state index in [0.717, 1.165) is 48.7 Å². The van der Waals surface area contributed by atoms with Crippen LogP contribution in [0, 0.1) is 0 Å². The van der Waals surface area contributed by atoms with Crippen LogP contribution >= 0.6 is 0 Å². The van der Waals surface area contributed by atoms with Gasteiger partial charge in [-0.25, -0.2) is 4.98 Å².